The third-order valence-corrected chi connectivity index (χ3v) is 4.20. The standard InChI is InChI=1S/C17H11N3S/c18-9-13-5-7-14(8-6-13)11-20-12-15(10-19)21-17-4-2-1-3-16(17)20/h1-8,12H,11H2. The predicted octanol–water partition coefficient (Wildman–Crippen LogP) is 4.04. The number of nitrogens with zero attached hydrogens (tertiary/aromatic N) is 3. The highest BCUT2D eigenvalue weighted by molar-refractivity contribution is 8.03. The molecular weight excluding hydrogens is 278 g/mol. The molecule has 2 aromatic rings. The lowest BCUT2D eigenvalue weighted by atomic mass is 10.1. The van der Waals surface area contributed by atoms with E-state index in [9.17, 15) is 0 Å². The maximum absolute atomic E-state index is 9.17. The van der Waals surface area contributed by atoms with Gasteiger partial charge in [0.15, 0.2) is 0 Å². The molecule has 0 atom stereocenters. The second-order valence-electron chi connectivity index (χ2n) is 4.61. The molecule has 0 fully saturated rings. The first kappa shape index (κ1) is 13.3. The van der Waals surface area contributed by atoms with Crippen LogP contribution in [0.15, 0.2) is 64.5 Å². The van der Waals surface area contributed by atoms with Crippen LogP contribution in [-0.2, 0) is 6.54 Å². The fourth-order valence-corrected chi connectivity index (χ4v) is 3.10. The maximum Gasteiger partial charge on any atom is 0.108 e. The lowest BCUT2D eigenvalue weighted by Gasteiger charge is -2.27. The Balaban J connectivity index is 1.92. The minimum absolute atomic E-state index is 0.654. The number of para-hydroxylation sites is 1. The second-order valence-corrected chi connectivity index (χ2v) is 5.70. The van der Waals surface area contributed by atoms with Gasteiger partial charge in [-0.1, -0.05) is 36.0 Å². The largest absolute Gasteiger partial charge is 0.341 e. The number of rotatable bonds is 2. The average molecular weight is 289 g/mol. The van der Waals surface area contributed by atoms with Gasteiger partial charge >= 0.3 is 0 Å². The Morgan fingerprint density at radius 2 is 1.71 bits per heavy atom. The van der Waals surface area contributed by atoms with Crippen LogP contribution in [0.25, 0.3) is 0 Å². The van der Waals surface area contributed by atoms with Crippen LogP contribution in [0.3, 0.4) is 0 Å². The third-order valence-electron chi connectivity index (χ3n) is 3.21. The van der Waals surface area contributed by atoms with Gasteiger partial charge in [-0.2, -0.15) is 10.5 Å². The summed E-state index contributed by atoms with van der Waals surface area (Å²) >= 11 is 1.49. The molecule has 3 rings (SSSR count). The molecule has 0 radical (unpaired) electrons. The first-order chi connectivity index (χ1) is 10.3. The SMILES string of the molecule is N#CC1=CN(Cc2ccc(C#N)cc2)c2ccccc2S1. The minimum atomic E-state index is 0.654. The van der Waals surface area contributed by atoms with Crippen molar-refractivity contribution in [3.05, 3.63) is 70.8 Å². The first-order valence-electron chi connectivity index (χ1n) is 6.44. The topological polar surface area (TPSA) is 50.8 Å². The van der Waals surface area contributed by atoms with Gasteiger partial charge in [-0.3, -0.25) is 0 Å². The number of anilines is 1. The summed E-state index contributed by atoms with van der Waals surface area (Å²) in [5, 5.41) is 18.0. The molecule has 1 aliphatic rings. The zero-order valence-corrected chi connectivity index (χ0v) is 12.0. The van der Waals surface area contributed by atoms with Crippen LogP contribution in [0, 0.1) is 22.7 Å². The zero-order valence-electron chi connectivity index (χ0n) is 11.2. The van der Waals surface area contributed by atoms with Crippen LogP contribution in [0.1, 0.15) is 11.1 Å². The molecule has 0 amide bonds. The van der Waals surface area contributed by atoms with E-state index in [4.69, 9.17) is 10.5 Å². The summed E-state index contributed by atoms with van der Waals surface area (Å²) in [4.78, 5) is 3.85. The molecule has 0 N–H and O–H groups in total. The number of hydrogen-bond acceptors (Lipinski definition) is 4. The van der Waals surface area contributed by atoms with E-state index in [-0.39, 0.29) is 0 Å². The normalized spacial score (nSPS) is 12.9. The van der Waals surface area contributed by atoms with Gasteiger partial charge in [-0.15, -0.1) is 0 Å². The fourth-order valence-electron chi connectivity index (χ4n) is 2.20. The molecule has 1 aliphatic heterocycles. The second kappa shape index (κ2) is 5.75. The van der Waals surface area contributed by atoms with Gasteiger partial charge in [0.2, 0.25) is 0 Å². The highest BCUT2D eigenvalue weighted by atomic mass is 32.2. The van der Waals surface area contributed by atoms with Gasteiger partial charge in [0.25, 0.3) is 0 Å². The van der Waals surface area contributed by atoms with Crippen molar-refractivity contribution in [3.63, 3.8) is 0 Å². The summed E-state index contributed by atoms with van der Waals surface area (Å²) in [6.45, 7) is 0.675. The summed E-state index contributed by atoms with van der Waals surface area (Å²) in [6, 6.07) is 19.9. The third kappa shape index (κ3) is 2.76. The van der Waals surface area contributed by atoms with Crippen LogP contribution >= 0.6 is 11.8 Å². The van der Waals surface area contributed by atoms with Gasteiger partial charge in [0, 0.05) is 17.6 Å². The van der Waals surface area contributed by atoms with Crippen molar-refractivity contribution in [1.82, 2.24) is 0 Å². The van der Waals surface area contributed by atoms with E-state index in [1.165, 1.54) is 11.8 Å². The molecular formula is C17H11N3S. The smallest absolute Gasteiger partial charge is 0.108 e. The Hall–Kier alpha value is -2.69. The summed E-state index contributed by atoms with van der Waals surface area (Å²) in [5.41, 5.74) is 2.86. The summed E-state index contributed by atoms with van der Waals surface area (Å²) in [5.74, 6) is 0. The van der Waals surface area contributed by atoms with Crippen LogP contribution in [-0.4, -0.2) is 0 Å². The molecule has 0 spiro atoms. The Labute approximate surface area is 127 Å². The summed E-state index contributed by atoms with van der Waals surface area (Å²) in [6.07, 6.45) is 1.88. The van der Waals surface area contributed by atoms with Gasteiger partial charge in [0.1, 0.15) is 11.0 Å². The zero-order chi connectivity index (χ0) is 14.7. The summed E-state index contributed by atoms with van der Waals surface area (Å²) in [7, 11) is 0. The van der Waals surface area contributed by atoms with Gasteiger partial charge in [-0.25, -0.2) is 0 Å². The van der Waals surface area contributed by atoms with Crippen LogP contribution < -0.4 is 4.90 Å². The van der Waals surface area contributed by atoms with Gasteiger partial charge < -0.3 is 4.90 Å². The van der Waals surface area contributed by atoms with Crippen molar-refractivity contribution < 1.29 is 0 Å². The number of thioether (sulfide) groups is 1. The van der Waals surface area contributed by atoms with Gasteiger partial charge in [-0.05, 0) is 29.8 Å². The Kier molecular flexibility index (Phi) is 3.64. The monoisotopic (exact) mass is 289 g/mol. The average Bonchev–Trinajstić information content (AvgIpc) is 2.55. The van der Waals surface area contributed by atoms with Crippen molar-refractivity contribution in [2.45, 2.75) is 11.4 Å². The highest BCUT2D eigenvalue weighted by Crippen LogP contribution is 2.40. The van der Waals surface area contributed by atoms with Crippen molar-refractivity contribution in [2.75, 3.05) is 4.90 Å². The van der Waals surface area contributed by atoms with Crippen LogP contribution in [0.2, 0.25) is 0 Å². The van der Waals surface area contributed by atoms with E-state index in [2.05, 4.69) is 23.1 Å². The van der Waals surface area contributed by atoms with Crippen LogP contribution in [0.5, 0.6) is 0 Å². The number of hydrogen-bond donors (Lipinski definition) is 0. The van der Waals surface area contributed by atoms with Crippen LogP contribution in [0.4, 0.5) is 5.69 Å². The Morgan fingerprint density at radius 1 is 0.952 bits per heavy atom. The predicted molar refractivity (Wildman–Crippen MR) is 83.3 cm³/mol. The Bertz CT molecular complexity index is 779. The summed E-state index contributed by atoms with van der Waals surface area (Å²) < 4.78 is 0. The quantitative estimate of drug-likeness (QED) is 0.837. The molecule has 0 aliphatic carbocycles. The lowest BCUT2D eigenvalue weighted by Crippen LogP contribution is -2.18. The van der Waals surface area contributed by atoms with E-state index in [1.807, 2.05) is 48.7 Å². The first-order valence-corrected chi connectivity index (χ1v) is 7.26. The van der Waals surface area contributed by atoms with Gasteiger partial charge in [0.05, 0.1) is 17.3 Å². The van der Waals surface area contributed by atoms with Crippen molar-refractivity contribution in [3.8, 4) is 12.1 Å². The number of fused-ring (bicyclic) bond motifs is 1. The van der Waals surface area contributed by atoms with E-state index in [1.54, 1.807) is 0 Å². The minimum Gasteiger partial charge on any atom is -0.341 e. The van der Waals surface area contributed by atoms with Crippen molar-refractivity contribution >= 4 is 17.4 Å². The molecule has 0 bridgehead atoms. The Morgan fingerprint density at radius 3 is 2.43 bits per heavy atom. The fraction of sp³-hybridized carbons (Fsp3) is 0.0588. The molecule has 0 unspecified atom stereocenters. The molecule has 100 valence electrons. The van der Waals surface area contributed by atoms with Crippen molar-refractivity contribution in [2.24, 2.45) is 0 Å². The molecule has 3 nitrogen and oxygen atoms in total. The molecule has 0 aromatic heterocycles. The molecule has 0 saturated carbocycles. The number of benzene rings is 2. The maximum atomic E-state index is 9.17. The lowest BCUT2D eigenvalue weighted by molar-refractivity contribution is 0.947. The molecule has 2 aromatic carbocycles. The number of nitriles is 2. The molecule has 4 heteroatoms. The molecule has 1 heterocycles. The molecule has 21 heavy (non-hydrogen) atoms. The van der Waals surface area contributed by atoms with E-state index in [0.717, 1.165) is 16.1 Å². The van der Waals surface area contributed by atoms with Crippen molar-refractivity contribution in [1.29, 1.82) is 10.5 Å². The molecule has 0 saturated heterocycles. The van der Waals surface area contributed by atoms with E-state index < -0.39 is 0 Å². The van der Waals surface area contributed by atoms with E-state index >= 15 is 0 Å². The number of allylic oxidation sites excluding steroid dienone is 1. The van der Waals surface area contributed by atoms with E-state index in [0.29, 0.717) is 17.0 Å². The highest BCUT2D eigenvalue weighted by Gasteiger charge is 2.17.